The number of likely N-dealkylation sites (tertiary alicyclic amines) is 1. The number of anilines is 1. The van der Waals surface area contributed by atoms with Crippen molar-refractivity contribution in [3.63, 3.8) is 0 Å². The van der Waals surface area contributed by atoms with Crippen LogP contribution in [0, 0.1) is 29.6 Å². The number of aromatic amines is 1. The maximum Gasteiger partial charge on any atom is 0.416 e. The molecular formula is C33H30F3N3O5S2. The number of amides is 3. The van der Waals surface area contributed by atoms with Crippen LogP contribution in [-0.2, 0) is 20.6 Å². The predicted octanol–water partition coefficient (Wildman–Crippen LogP) is 5.52. The summed E-state index contributed by atoms with van der Waals surface area (Å²) in [6.45, 7) is 1.31. The van der Waals surface area contributed by atoms with Crippen LogP contribution in [0.3, 0.4) is 0 Å². The highest BCUT2D eigenvalue weighted by Gasteiger charge is 2.70. The number of imide groups is 1. The molecule has 5 aliphatic rings. The number of nitrogens with zero attached hydrogens (tertiary/aromatic N) is 2. The third kappa shape index (κ3) is 4.63. The molecule has 0 radical (unpaired) electrons. The summed E-state index contributed by atoms with van der Waals surface area (Å²) in [4.78, 5) is 59.9. The van der Waals surface area contributed by atoms with Crippen LogP contribution in [0.2, 0.25) is 0 Å². The largest absolute Gasteiger partial charge is 0.483 e. The van der Waals surface area contributed by atoms with Crippen LogP contribution in [0.1, 0.15) is 47.6 Å². The van der Waals surface area contributed by atoms with Crippen molar-refractivity contribution >= 4 is 46.5 Å². The minimum atomic E-state index is -4.61. The molecule has 4 unspecified atom stereocenters. The lowest BCUT2D eigenvalue weighted by molar-refractivity contribution is -0.137. The molecule has 3 amide bonds. The van der Waals surface area contributed by atoms with E-state index in [-0.39, 0.29) is 52.0 Å². The highest BCUT2D eigenvalue weighted by molar-refractivity contribution is 8.00. The predicted molar refractivity (Wildman–Crippen MR) is 165 cm³/mol. The van der Waals surface area contributed by atoms with Gasteiger partial charge in [0.05, 0.1) is 28.1 Å². The van der Waals surface area contributed by atoms with Gasteiger partial charge in [-0.25, -0.2) is 0 Å². The van der Waals surface area contributed by atoms with Gasteiger partial charge < -0.3 is 14.6 Å². The summed E-state index contributed by atoms with van der Waals surface area (Å²) in [6.07, 6.45) is -0.933. The quantitative estimate of drug-likeness (QED) is 0.359. The number of thiazole rings is 1. The molecule has 8 nitrogen and oxygen atoms in total. The molecule has 4 fully saturated rings. The van der Waals surface area contributed by atoms with Gasteiger partial charge in [-0.3, -0.25) is 24.1 Å². The van der Waals surface area contributed by atoms with Gasteiger partial charge in [0, 0.05) is 34.7 Å². The summed E-state index contributed by atoms with van der Waals surface area (Å²) in [5.74, 6) is -2.63. The Bertz CT molecular complexity index is 1800. The monoisotopic (exact) mass is 669 g/mol. The lowest BCUT2D eigenvalue weighted by atomic mass is 9.68. The molecule has 1 N–H and O–H groups in total. The first kappa shape index (κ1) is 29.8. The average molecular weight is 670 g/mol. The Balaban J connectivity index is 1.14. The number of H-pyrrole nitrogens is 1. The summed E-state index contributed by atoms with van der Waals surface area (Å²) >= 11 is 2.65. The molecule has 2 bridgehead atoms. The van der Waals surface area contributed by atoms with Gasteiger partial charge in [-0.1, -0.05) is 35.6 Å². The summed E-state index contributed by atoms with van der Waals surface area (Å²) in [7, 11) is 0. The average Bonchev–Trinajstić information content (AvgIpc) is 3.79. The molecule has 7 atom stereocenters. The van der Waals surface area contributed by atoms with Crippen LogP contribution in [0.15, 0.2) is 58.4 Å². The number of nitrogens with one attached hydrogen (secondary N) is 1. The van der Waals surface area contributed by atoms with E-state index >= 15 is 0 Å². The van der Waals surface area contributed by atoms with E-state index < -0.39 is 35.4 Å². The summed E-state index contributed by atoms with van der Waals surface area (Å²) < 4.78 is 46.8. The van der Waals surface area contributed by atoms with Gasteiger partial charge in [-0.05, 0) is 67.7 Å². The number of hydrogen-bond acceptors (Lipinski definition) is 7. The van der Waals surface area contributed by atoms with Gasteiger partial charge in [-0.2, -0.15) is 13.2 Å². The number of halogens is 3. The van der Waals surface area contributed by atoms with E-state index in [1.165, 1.54) is 23.9 Å². The Labute approximate surface area is 270 Å². The van der Waals surface area contributed by atoms with Gasteiger partial charge >= 0.3 is 11.0 Å². The van der Waals surface area contributed by atoms with E-state index in [1.807, 2.05) is 29.2 Å². The number of carbonyl (C=O) groups excluding carboxylic acids is 3. The molecule has 2 saturated heterocycles. The molecule has 240 valence electrons. The molecule has 3 aromatic rings. The molecular weight excluding hydrogens is 640 g/mol. The van der Waals surface area contributed by atoms with Crippen molar-refractivity contribution in [1.29, 1.82) is 0 Å². The fourth-order valence-electron chi connectivity index (χ4n) is 8.68. The zero-order chi connectivity index (χ0) is 31.9. The second-order valence-corrected chi connectivity index (χ2v) is 15.0. The van der Waals surface area contributed by atoms with Crippen LogP contribution in [0.25, 0.3) is 0 Å². The van der Waals surface area contributed by atoms with E-state index in [9.17, 15) is 32.3 Å². The third-order valence-corrected chi connectivity index (χ3v) is 13.1. The normalized spacial score (nSPS) is 29.9. The molecule has 2 saturated carbocycles. The molecule has 0 spiro atoms. The highest BCUT2D eigenvalue weighted by Crippen LogP contribution is 2.69. The maximum atomic E-state index is 14.0. The second kappa shape index (κ2) is 11.0. The number of carbonyl (C=O) groups is 3. The van der Waals surface area contributed by atoms with E-state index in [0.29, 0.717) is 25.3 Å². The molecule has 8 rings (SSSR count). The zero-order valence-electron chi connectivity index (χ0n) is 24.5. The van der Waals surface area contributed by atoms with Crippen molar-refractivity contribution in [3.05, 3.63) is 74.2 Å². The topological polar surface area (TPSA) is 99.8 Å². The maximum absolute atomic E-state index is 14.0. The number of aromatic nitrogens is 1. The van der Waals surface area contributed by atoms with Crippen LogP contribution in [-0.4, -0.2) is 52.6 Å². The first-order valence-electron chi connectivity index (χ1n) is 15.6. The Kier molecular flexibility index (Phi) is 7.13. The Morgan fingerprint density at radius 3 is 2.46 bits per heavy atom. The van der Waals surface area contributed by atoms with Crippen molar-refractivity contribution in [2.45, 2.75) is 48.1 Å². The van der Waals surface area contributed by atoms with Crippen molar-refractivity contribution in [2.24, 2.45) is 29.6 Å². The lowest BCUT2D eigenvalue weighted by Crippen LogP contribution is -2.43. The Morgan fingerprint density at radius 1 is 0.957 bits per heavy atom. The number of piperidine rings is 1. The molecule has 2 aliphatic carbocycles. The van der Waals surface area contributed by atoms with E-state index in [0.717, 1.165) is 63.1 Å². The van der Waals surface area contributed by atoms with Gasteiger partial charge in [0.2, 0.25) is 11.8 Å². The van der Waals surface area contributed by atoms with Crippen LogP contribution in [0.4, 0.5) is 18.9 Å². The number of hydrogen-bond donors (Lipinski definition) is 1. The zero-order valence-corrected chi connectivity index (χ0v) is 26.1. The first-order valence-corrected chi connectivity index (χ1v) is 17.3. The smallest absolute Gasteiger partial charge is 0.416 e. The SMILES string of the molecule is O=C(COc1ccccc1[C@H]1c2sc(=O)[nH]c2SC2C1[C@H]1C[C@@H]2C2C(=O)N(c3cccc(C(F)(F)F)c3)C(=O)C21)N1CCCCC1. The lowest BCUT2D eigenvalue weighted by Gasteiger charge is -2.43. The number of ether oxygens (including phenoxy) is 1. The van der Waals surface area contributed by atoms with Crippen LogP contribution in [0.5, 0.6) is 5.75 Å². The van der Waals surface area contributed by atoms with Crippen molar-refractivity contribution in [3.8, 4) is 5.75 Å². The third-order valence-electron chi connectivity index (χ3n) is 10.5. The highest BCUT2D eigenvalue weighted by atomic mass is 32.2. The summed E-state index contributed by atoms with van der Waals surface area (Å²) in [6, 6.07) is 11.9. The molecule has 2 aromatic carbocycles. The van der Waals surface area contributed by atoms with E-state index in [4.69, 9.17) is 4.74 Å². The fraction of sp³-hybridized carbons (Fsp3) is 0.455. The number of fused-ring (bicyclic) bond motifs is 9. The van der Waals surface area contributed by atoms with Crippen molar-refractivity contribution in [2.75, 3.05) is 24.6 Å². The van der Waals surface area contributed by atoms with Gasteiger partial charge in [-0.15, -0.1) is 11.8 Å². The standard InChI is InChI=1S/C33H30F3N3O5S2/c34-33(35,36)16-7-6-8-17(13-16)39-30(41)25-19-14-20(26(25)31(39)42)27-24(19)23(28-29(45-27)37-32(43)46-28)18-9-2-3-10-21(18)44-15-22(40)38-11-4-1-5-12-38/h2-3,6-10,13,19-20,23-27H,1,4-5,11-12,14-15H2,(H,37,43)/t19-,20-,23-,24?,25?,26?,27?/m1/s1. The number of para-hydroxylation sites is 1. The summed E-state index contributed by atoms with van der Waals surface area (Å²) in [5, 5.41) is 0.631. The number of benzene rings is 2. The Morgan fingerprint density at radius 2 is 1.70 bits per heavy atom. The second-order valence-electron chi connectivity index (χ2n) is 12.8. The van der Waals surface area contributed by atoms with Gasteiger partial charge in [0.25, 0.3) is 5.91 Å². The number of alkyl halides is 3. The minimum Gasteiger partial charge on any atom is -0.483 e. The minimum absolute atomic E-state index is 0.0636. The van der Waals surface area contributed by atoms with E-state index in [2.05, 4.69) is 4.98 Å². The molecule has 46 heavy (non-hydrogen) atoms. The fourth-order valence-corrected chi connectivity index (χ4v) is 11.6. The molecule has 13 heteroatoms. The van der Waals surface area contributed by atoms with Crippen molar-refractivity contribution in [1.82, 2.24) is 9.88 Å². The van der Waals surface area contributed by atoms with E-state index in [1.54, 1.807) is 0 Å². The molecule has 1 aromatic heterocycles. The number of thioether (sulfide) groups is 1. The van der Waals surface area contributed by atoms with Gasteiger partial charge in [0.1, 0.15) is 5.75 Å². The van der Waals surface area contributed by atoms with Crippen LogP contribution < -0.4 is 14.5 Å². The van der Waals surface area contributed by atoms with Crippen molar-refractivity contribution < 1.29 is 32.3 Å². The van der Waals surface area contributed by atoms with Crippen LogP contribution >= 0.6 is 23.1 Å². The number of rotatable bonds is 5. The Hall–Kier alpha value is -3.58. The van der Waals surface area contributed by atoms with Gasteiger partial charge in [0.15, 0.2) is 6.61 Å². The molecule has 3 aliphatic heterocycles. The first-order chi connectivity index (χ1) is 22.1. The molecule has 4 heterocycles. The summed E-state index contributed by atoms with van der Waals surface area (Å²) in [5.41, 5.74) is -0.165.